The lowest BCUT2D eigenvalue weighted by Gasteiger charge is -2.29. The molecule has 27 heavy (non-hydrogen) atoms. The van der Waals surface area contributed by atoms with Crippen LogP contribution < -0.4 is 10.1 Å². The highest BCUT2D eigenvalue weighted by Gasteiger charge is 2.25. The minimum absolute atomic E-state index is 0.00464. The number of aromatic nitrogens is 1. The fraction of sp³-hybridized carbons (Fsp3) is 0.333. The van der Waals surface area contributed by atoms with E-state index in [1.165, 1.54) is 24.4 Å². The van der Waals surface area contributed by atoms with Crippen LogP contribution in [0.5, 0.6) is 5.88 Å². The molecule has 0 unspecified atom stereocenters. The fourth-order valence-electron chi connectivity index (χ4n) is 2.99. The Balaban J connectivity index is 1.53. The molecule has 1 aromatic heterocycles. The molecule has 1 aliphatic carbocycles. The first-order chi connectivity index (χ1) is 12.9. The molecule has 0 aliphatic heterocycles. The monoisotopic (exact) mass is 409 g/mol. The van der Waals surface area contributed by atoms with Crippen molar-refractivity contribution in [3.63, 3.8) is 0 Å². The molecule has 1 fully saturated rings. The Kier molecular flexibility index (Phi) is 6.13. The number of nitro groups is 1. The third kappa shape index (κ3) is 5.08. The zero-order valence-corrected chi connectivity index (χ0v) is 15.7. The highest BCUT2D eigenvalue weighted by Crippen LogP contribution is 2.26. The minimum atomic E-state index is -0.605. The number of carbonyl (C=O) groups excluding carboxylic acids is 1. The van der Waals surface area contributed by atoms with Gasteiger partial charge in [0.1, 0.15) is 11.1 Å². The number of nitro benzene ring substituents is 1. The van der Waals surface area contributed by atoms with Crippen molar-refractivity contribution in [1.82, 2.24) is 10.3 Å². The number of carbonyl (C=O) groups is 1. The van der Waals surface area contributed by atoms with Gasteiger partial charge in [0.25, 0.3) is 11.6 Å². The number of pyridine rings is 1. The van der Waals surface area contributed by atoms with E-state index in [9.17, 15) is 14.9 Å². The van der Waals surface area contributed by atoms with Crippen LogP contribution in [0.2, 0.25) is 10.0 Å². The van der Waals surface area contributed by atoms with E-state index < -0.39 is 4.92 Å². The summed E-state index contributed by atoms with van der Waals surface area (Å²) >= 11 is 11.6. The van der Waals surface area contributed by atoms with Crippen LogP contribution in [0.25, 0.3) is 0 Å². The Morgan fingerprint density at radius 3 is 2.56 bits per heavy atom. The number of halogens is 2. The van der Waals surface area contributed by atoms with E-state index in [0.717, 1.165) is 25.7 Å². The predicted octanol–water partition coefficient (Wildman–Crippen LogP) is 4.42. The van der Waals surface area contributed by atoms with Crippen molar-refractivity contribution < 1.29 is 14.5 Å². The third-order valence-corrected chi connectivity index (χ3v) is 4.95. The molecule has 1 heterocycles. The minimum Gasteiger partial charge on any atom is -0.474 e. The summed E-state index contributed by atoms with van der Waals surface area (Å²) in [5.41, 5.74) is -0.0632. The van der Waals surface area contributed by atoms with Gasteiger partial charge in [-0.05, 0) is 43.9 Å². The molecule has 0 saturated heterocycles. The van der Waals surface area contributed by atoms with E-state index in [0.29, 0.717) is 10.9 Å². The van der Waals surface area contributed by atoms with Crippen molar-refractivity contribution >= 4 is 34.8 Å². The number of rotatable bonds is 5. The summed E-state index contributed by atoms with van der Waals surface area (Å²) in [5, 5.41) is 14.4. The van der Waals surface area contributed by atoms with E-state index >= 15 is 0 Å². The number of amides is 1. The SMILES string of the molecule is O=C(NC1CCC(Oc2ccc(Cl)cn2)CC1)c1ccc(Cl)c([N+](=O)[O-])c1. The van der Waals surface area contributed by atoms with Gasteiger partial charge in [-0.25, -0.2) is 4.98 Å². The first-order valence-electron chi connectivity index (χ1n) is 8.45. The average molecular weight is 410 g/mol. The number of benzene rings is 1. The van der Waals surface area contributed by atoms with E-state index in [1.54, 1.807) is 12.1 Å². The normalized spacial score (nSPS) is 19.3. The Morgan fingerprint density at radius 2 is 1.93 bits per heavy atom. The lowest BCUT2D eigenvalue weighted by molar-refractivity contribution is -0.384. The van der Waals surface area contributed by atoms with E-state index in [4.69, 9.17) is 27.9 Å². The van der Waals surface area contributed by atoms with Crippen LogP contribution in [-0.4, -0.2) is 28.0 Å². The molecule has 3 rings (SSSR count). The van der Waals surface area contributed by atoms with Crippen LogP contribution in [0, 0.1) is 10.1 Å². The largest absolute Gasteiger partial charge is 0.474 e. The average Bonchev–Trinajstić information content (AvgIpc) is 2.65. The molecule has 7 nitrogen and oxygen atoms in total. The molecule has 1 saturated carbocycles. The van der Waals surface area contributed by atoms with Gasteiger partial charge in [-0.15, -0.1) is 0 Å². The highest BCUT2D eigenvalue weighted by atomic mass is 35.5. The number of nitrogens with zero attached hydrogens (tertiary/aromatic N) is 2. The molecule has 0 bridgehead atoms. The van der Waals surface area contributed by atoms with Gasteiger partial charge in [-0.3, -0.25) is 14.9 Å². The Hall–Kier alpha value is -2.38. The molecule has 1 aromatic carbocycles. The molecular weight excluding hydrogens is 393 g/mol. The number of hydrogen-bond donors (Lipinski definition) is 1. The van der Waals surface area contributed by atoms with Crippen molar-refractivity contribution in [3.05, 3.63) is 62.3 Å². The third-order valence-electron chi connectivity index (χ3n) is 4.40. The topological polar surface area (TPSA) is 94.4 Å². The highest BCUT2D eigenvalue weighted by molar-refractivity contribution is 6.32. The number of nitrogens with one attached hydrogen (secondary N) is 1. The van der Waals surface area contributed by atoms with Gasteiger partial charge in [0, 0.05) is 29.9 Å². The first-order valence-corrected chi connectivity index (χ1v) is 9.21. The molecule has 0 atom stereocenters. The summed E-state index contributed by atoms with van der Waals surface area (Å²) < 4.78 is 5.83. The van der Waals surface area contributed by atoms with E-state index in [-0.39, 0.29) is 34.3 Å². The second-order valence-electron chi connectivity index (χ2n) is 6.30. The van der Waals surface area contributed by atoms with Gasteiger partial charge in [-0.1, -0.05) is 23.2 Å². The Bertz CT molecular complexity index is 837. The summed E-state index contributed by atoms with van der Waals surface area (Å²) in [6.45, 7) is 0. The van der Waals surface area contributed by atoms with Crippen molar-refractivity contribution in [1.29, 1.82) is 0 Å². The smallest absolute Gasteiger partial charge is 0.288 e. The van der Waals surface area contributed by atoms with Crippen LogP contribution in [0.15, 0.2) is 36.5 Å². The molecule has 0 radical (unpaired) electrons. The second-order valence-corrected chi connectivity index (χ2v) is 7.15. The van der Waals surface area contributed by atoms with Crippen LogP contribution in [0.1, 0.15) is 36.0 Å². The standard InChI is InChI=1S/C18H17Cl2N3O4/c19-12-2-8-17(21-10-12)27-14-5-3-13(4-6-14)22-18(24)11-1-7-15(20)16(9-11)23(25)26/h1-2,7-10,13-14H,3-6H2,(H,22,24). The molecule has 2 aromatic rings. The van der Waals surface area contributed by atoms with E-state index in [1.807, 2.05) is 0 Å². The predicted molar refractivity (Wildman–Crippen MR) is 101 cm³/mol. The van der Waals surface area contributed by atoms with Gasteiger partial charge in [0.15, 0.2) is 0 Å². The lowest BCUT2D eigenvalue weighted by Crippen LogP contribution is -2.39. The number of ether oxygens (including phenoxy) is 1. The van der Waals surface area contributed by atoms with Crippen LogP contribution in [0.4, 0.5) is 5.69 Å². The maximum absolute atomic E-state index is 12.4. The fourth-order valence-corrected chi connectivity index (χ4v) is 3.29. The van der Waals surface area contributed by atoms with Gasteiger partial charge in [0.2, 0.25) is 5.88 Å². The van der Waals surface area contributed by atoms with Crippen molar-refractivity contribution in [2.75, 3.05) is 0 Å². The van der Waals surface area contributed by atoms with Crippen LogP contribution >= 0.6 is 23.2 Å². The number of hydrogen-bond acceptors (Lipinski definition) is 5. The summed E-state index contributed by atoms with van der Waals surface area (Å²) in [7, 11) is 0. The molecule has 9 heteroatoms. The maximum Gasteiger partial charge on any atom is 0.288 e. The van der Waals surface area contributed by atoms with Crippen molar-refractivity contribution in [3.8, 4) is 5.88 Å². The molecule has 142 valence electrons. The summed E-state index contributed by atoms with van der Waals surface area (Å²) in [6.07, 6.45) is 4.61. The molecule has 1 amide bonds. The first kappa shape index (κ1) is 19.4. The zero-order valence-electron chi connectivity index (χ0n) is 14.2. The van der Waals surface area contributed by atoms with Gasteiger partial charge in [-0.2, -0.15) is 0 Å². The molecule has 1 N–H and O–H groups in total. The van der Waals surface area contributed by atoms with Gasteiger partial charge >= 0.3 is 0 Å². The second kappa shape index (κ2) is 8.54. The van der Waals surface area contributed by atoms with E-state index in [2.05, 4.69) is 10.3 Å². The Morgan fingerprint density at radius 1 is 1.19 bits per heavy atom. The summed E-state index contributed by atoms with van der Waals surface area (Å²) in [4.78, 5) is 26.8. The lowest BCUT2D eigenvalue weighted by atomic mass is 9.92. The quantitative estimate of drug-likeness (QED) is 0.582. The maximum atomic E-state index is 12.4. The zero-order chi connectivity index (χ0) is 19.4. The van der Waals surface area contributed by atoms with Crippen LogP contribution in [-0.2, 0) is 0 Å². The van der Waals surface area contributed by atoms with Crippen LogP contribution in [0.3, 0.4) is 0 Å². The Labute approximate surface area is 165 Å². The summed E-state index contributed by atoms with van der Waals surface area (Å²) in [5.74, 6) is 0.180. The van der Waals surface area contributed by atoms with Crippen molar-refractivity contribution in [2.24, 2.45) is 0 Å². The summed E-state index contributed by atoms with van der Waals surface area (Å²) in [6, 6.07) is 7.47. The van der Waals surface area contributed by atoms with Crippen molar-refractivity contribution in [2.45, 2.75) is 37.8 Å². The van der Waals surface area contributed by atoms with Gasteiger partial charge < -0.3 is 10.1 Å². The molecule has 1 aliphatic rings. The van der Waals surface area contributed by atoms with Gasteiger partial charge in [0.05, 0.1) is 9.95 Å². The molecule has 0 spiro atoms. The molecular formula is C18H17Cl2N3O4.